The average Bonchev–Trinajstić information content (AvgIpc) is 2.88. The molecule has 0 aromatic heterocycles. The van der Waals surface area contributed by atoms with E-state index in [1.165, 1.54) is 57.8 Å². The van der Waals surface area contributed by atoms with E-state index in [4.69, 9.17) is 23.7 Å². The van der Waals surface area contributed by atoms with Crippen molar-refractivity contribution in [2.45, 2.75) is 116 Å². The largest absolute Gasteiger partial charge is 0.491 e. The van der Waals surface area contributed by atoms with Gasteiger partial charge in [-0.15, -0.1) is 0 Å². The van der Waals surface area contributed by atoms with Crippen LogP contribution in [0.1, 0.15) is 103 Å². The van der Waals surface area contributed by atoms with Crippen molar-refractivity contribution in [3.8, 4) is 5.75 Å². The van der Waals surface area contributed by atoms with Gasteiger partial charge in [-0.2, -0.15) is 0 Å². The second kappa shape index (κ2) is 20.1. The smallest absolute Gasteiger partial charge is 0.158 e. The van der Waals surface area contributed by atoms with Crippen LogP contribution in [-0.2, 0) is 25.6 Å². The molecule has 1 aliphatic heterocycles. The highest BCUT2D eigenvalue weighted by Gasteiger charge is 2.14. The molecule has 1 fully saturated rings. The molecule has 2 unspecified atom stereocenters. The second-order valence-corrected chi connectivity index (χ2v) is 9.46. The number of unbranched alkanes of at least 4 members (excludes halogenated alkanes) is 8. The highest BCUT2D eigenvalue weighted by molar-refractivity contribution is 5.26. The molecule has 0 radical (unpaired) electrons. The van der Waals surface area contributed by atoms with E-state index in [1.807, 2.05) is 12.1 Å². The zero-order valence-corrected chi connectivity index (χ0v) is 21.9. The molecule has 1 aromatic carbocycles. The van der Waals surface area contributed by atoms with E-state index in [0.717, 1.165) is 56.8 Å². The van der Waals surface area contributed by atoms with Crippen LogP contribution >= 0.6 is 0 Å². The molecule has 0 saturated carbocycles. The summed E-state index contributed by atoms with van der Waals surface area (Å²) in [6.07, 6.45) is 15.7. The lowest BCUT2D eigenvalue weighted by Gasteiger charge is -2.22. The fourth-order valence-electron chi connectivity index (χ4n) is 4.03. The summed E-state index contributed by atoms with van der Waals surface area (Å²) in [7, 11) is 0. The number of hydrogen-bond donors (Lipinski definition) is 0. The Kier molecular flexibility index (Phi) is 17.2. The van der Waals surface area contributed by atoms with Gasteiger partial charge in [0.15, 0.2) is 6.29 Å². The molecule has 1 aromatic rings. The molecule has 1 heterocycles. The topological polar surface area (TPSA) is 46.2 Å². The van der Waals surface area contributed by atoms with E-state index in [0.29, 0.717) is 19.8 Å². The van der Waals surface area contributed by atoms with Crippen molar-refractivity contribution < 1.29 is 23.7 Å². The van der Waals surface area contributed by atoms with Gasteiger partial charge in [-0.25, -0.2) is 0 Å². The molecule has 5 heteroatoms. The first-order chi connectivity index (χ1) is 16.8. The molecular weight excluding hydrogens is 428 g/mol. The lowest BCUT2D eigenvalue weighted by atomic mass is 10.2. The van der Waals surface area contributed by atoms with Crippen LogP contribution in [0.3, 0.4) is 0 Å². The Morgan fingerprint density at radius 2 is 1.53 bits per heavy atom. The van der Waals surface area contributed by atoms with E-state index in [2.05, 4.69) is 26.0 Å². The number of benzene rings is 1. The summed E-state index contributed by atoms with van der Waals surface area (Å²) in [5.41, 5.74) is 1.13. The molecule has 0 amide bonds. The summed E-state index contributed by atoms with van der Waals surface area (Å²) >= 11 is 0. The van der Waals surface area contributed by atoms with Gasteiger partial charge in [0, 0.05) is 19.8 Å². The molecule has 5 nitrogen and oxygen atoms in total. The van der Waals surface area contributed by atoms with Crippen LogP contribution in [0.25, 0.3) is 0 Å². The maximum atomic E-state index is 6.13. The predicted molar refractivity (Wildman–Crippen MR) is 138 cm³/mol. The third-order valence-electron chi connectivity index (χ3n) is 6.23. The number of rotatable bonds is 21. The molecule has 2 rings (SSSR count). The van der Waals surface area contributed by atoms with Gasteiger partial charge in [-0.3, -0.25) is 0 Å². The summed E-state index contributed by atoms with van der Waals surface area (Å²) in [5.74, 6) is 0.855. The first-order valence-electron chi connectivity index (χ1n) is 14.0. The second-order valence-electron chi connectivity index (χ2n) is 9.46. The predicted octanol–water partition coefficient (Wildman–Crippen LogP) is 7.45. The molecule has 0 aliphatic carbocycles. The molecule has 196 valence electrons. The first-order valence-corrected chi connectivity index (χ1v) is 14.0. The third-order valence-corrected chi connectivity index (χ3v) is 6.23. The lowest BCUT2D eigenvalue weighted by Crippen LogP contribution is -2.28. The lowest BCUT2D eigenvalue weighted by molar-refractivity contribution is -0.168. The maximum Gasteiger partial charge on any atom is 0.158 e. The zero-order valence-electron chi connectivity index (χ0n) is 21.9. The van der Waals surface area contributed by atoms with E-state index < -0.39 is 0 Å². The molecule has 0 N–H and O–H groups in total. The Hall–Kier alpha value is -1.14. The Balaban J connectivity index is 1.68. The molecular formula is C29H50O5. The number of ether oxygens (including phenoxy) is 5. The highest BCUT2D eigenvalue weighted by Crippen LogP contribution is 2.18. The fraction of sp³-hybridized carbons (Fsp3) is 0.793. The molecule has 1 aliphatic rings. The van der Waals surface area contributed by atoms with Crippen molar-refractivity contribution in [3.05, 3.63) is 29.8 Å². The Morgan fingerprint density at radius 3 is 2.21 bits per heavy atom. The average molecular weight is 479 g/mol. The molecule has 2 atom stereocenters. The van der Waals surface area contributed by atoms with E-state index in [1.54, 1.807) is 0 Å². The van der Waals surface area contributed by atoms with Crippen molar-refractivity contribution in [2.24, 2.45) is 0 Å². The summed E-state index contributed by atoms with van der Waals surface area (Å²) in [6, 6.07) is 8.15. The summed E-state index contributed by atoms with van der Waals surface area (Å²) < 4.78 is 29.6. The van der Waals surface area contributed by atoms with E-state index in [9.17, 15) is 0 Å². The fourth-order valence-corrected chi connectivity index (χ4v) is 4.03. The van der Waals surface area contributed by atoms with Crippen LogP contribution in [0.2, 0.25) is 0 Å². The van der Waals surface area contributed by atoms with Crippen LogP contribution in [0.15, 0.2) is 24.3 Å². The normalized spacial score (nSPS) is 17.1. The van der Waals surface area contributed by atoms with Gasteiger partial charge in [0.05, 0.1) is 13.2 Å². The monoisotopic (exact) mass is 478 g/mol. The van der Waals surface area contributed by atoms with Gasteiger partial charge >= 0.3 is 0 Å². The van der Waals surface area contributed by atoms with Gasteiger partial charge in [-0.1, -0.05) is 77.3 Å². The van der Waals surface area contributed by atoms with Crippen LogP contribution in [-0.4, -0.2) is 45.4 Å². The summed E-state index contributed by atoms with van der Waals surface area (Å²) in [6.45, 7) is 8.55. The van der Waals surface area contributed by atoms with E-state index in [-0.39, 0.29) is 12.4 Å². The maximum absolute atomic E-state index is 6.13. The van der Waals surface area contributed by atoms with Gasteiger partial charge in [0.25, 0.3) is 0 Å². The van der Waals surface area contributed by atoms with Crippen LogP contribution in [0.5, 0.6) is 5.75 Å². The standard InChI is InChI=1S/C29H50O5/c1-3-5-7-9-12-20-30-24-28(31-21-13-10-8-6-4-2)25-33-27-18-16-26(17-19-27)23-34-29-15-11-14-22-32-29/h16-19,28-29H,3-15,20-25H2,1-2H3. The molecule has 34 heavy (non-hydrogen) atoms. The summed E-state index contributed by atoms with van der Waals surface area (Å²) in [5, 5.41) is 0. The van der Waals surface area contributed by atoms with Crippen LogP contribution in [0.4, 0.5) is 0 Å². The molecule has 0 bridgehead atoms. The Bertz CT molecular complexity index is 570. The minimum absolute atomic E-state index is 0.0340. The van der Waals surface area contributed by atoms with Crippen LogP contribution in [0, 0.1) is 0 Å². The van der Waals surface area contributed by atoms with E-state index >= 15 is 0 Å². The Labute approximate surface area is 208 Å². The molecule has 1 saturated heterocycles. The van der Waals surface area contributed by atoms with Crippen molar-refractivity contribution in [3.63, 3.8) is 0 Å². The number of hydrogen-bond acceptors (Lipinski definition) is 5. The van der Waals surface area contributed by atoms with Gasteiger partial charge in [-0.05, 0) is 49.8 Å². The minimum Gasteiger partial charge on any atom is -0.491 e. The minimum atomic E-state index is -0.0591. The van der Waals surface area contributed by atoms with Gasteiger partial charge < -0.3 is 23.7 Å². The third kappa shape index (κ3) is 14.3. The first kappa shape index (κ1) is 29.1. The van der Waals surface area contributed by atoms with Crippen molar-refractivity contribution in [1.82, 2.24) is 0 Å². The van der Waals surface area contributed by atoms with Gasteiger partial charge in [0.1, 0.15) is 18.5 Å². The van der Waals surface area contributed by atoms with Crippen molar-refractivity contribution in [1.29, 1.82) is 0 Å². The highest BCUT2D eigenvalue weighted by atomic mass is 16.7. The summed E-state index contributed by atoms with van der Waals surface area (Å²) in [4.78, 5) is 0. The van der Waals surface area contributed by atoms with Crippen molar-refractivity contribution >= 4 is 0 Å². The SMILES string of the molecule is CCCCCCCOCC(COc1ccc(COC2CCCCO2)cc1)OCCCCCCC. The van der Waals surface area contributed by atoms with Gasteiger partial charge in [0.2, 0.25) is 0 Å². The zero-order chi connectivity index (χ0) is 24.1. The van der Waals surface area contributed by atoms with Crippen molar-refractivity contribution in [2.75, 3.05) is 33.0 Å². The molecule has 0 spiro atoms. The quantitative estimate of drug-likeness (QED) is 0.172. The Morgan fingerprint density at radius 1 is 0.824 bits per heavy atom. The van der Waals surface area contributed by atoms with Crippen LogP contribution < -0.4 is 4.74 Å².